The van der Waals surface area contributed by atoms with Crippen molar-refractivity contribution in [1.29, 1.82) is 0 Å². The third kappa shape index (κ3) is 7.41. The van der Waals surface area contributed by atoms with Gasteiger partial charge in [-0.05, 0) is 52.5 Å². The smallest absolute Gasteiger partial charge is 0.193 e. The van der Waals surface area contributed by atoms with Crippen LogP contribution in [-0.2, 0) is 9.47 Å². The van der Waals surface area contributed by atoms with Crippen LogP contribution >= 0.6 is 0 Å². The van der Waals surface area contributed by atoms with Crippen molar-refractivity contribution in [3.8, 4) is 0 Å². The second-order valence-corrected chi connectivity index (χ2v) is 7.52. The van der Waals surface area contributed by atoms with E-state index in [0.717, 1.165) is 71.2 Å². The molecule has 2 saturated heterocycles. The van der Waals surface area contributed by atoms with Crippen LogP contribution in [0.15, 0.2) is 4.99 Å². The summed E-state index contributed by atoms with van der Waals surface area (Å²) in [6, 6.07) is 0.715. The summed E-state index contributed by atoms with van der Waals surface area (Å²) in [7, 11) is 1.74. The zero-order chi connectivity index (χ0) is 18.6. The van der Waals surface area contributed by atoms with E-state index < -0.39 is 0 Å². The lowest BCUT2D eigenvalue weighted by molar-refractivity contribution is 0.00989. The first-order valence-corrected chi connectivity index (χ1v) is 10.6. The fourth-order valence-corrected chi connectivity index (χ4v) is 3.89. The highest BCUT2D eigenvalue weighted by Gasteiger charge is 2.22. The predicted molar refractivity (Wildman–Crippen MR) is 108 cm³/mol. The van der Waals surface area contributed by atoms with Crippen LogP contribution in [0.4, 0.5) is 0 Å². The van der Waals surface area contributed by atoms with Crippen molar-refractivity contribution in [3.05, 3.63) is 0 Å². The minimum atomic E-state index is 0.389. The fourth-order valence-electron chi connectivity index (χ4n) is 3.89. The molecule has 0 saturated carbocycles. The Morgan fingerprint density at radius 2 is 1.92 bits per heavy atom. The molecule has 0 aromatic rings. The van der Waals surface area contributed by atoms with Crippen LogP contribution in [0.5, 0.6) is 0 Å². The molecule has 152 valence electrons. The Bertz CT molecular complexity index is 397. The SMILES string of the molecule is CCNC(=NCCN1CCCCC1C)N1CCC(OCCCOC)CC1. The average molecular weight is 369 g/mol. The molecule has 2 aliphatic rings. The van der Waals surface area contributed by atoms with Crippen molar-refractivity contribution in [3.63, 3.8) is 0 Å². The molecular weight excluding hydrogens is 328 g/mol. The van der Waals surface area contributed by atoms with Crippen LogP contribution in [-0.4, -0.2) is 87.5 Å². The normalized spacial score (nSPS) is 23.4. The van der Waals surface area contributed by atoms with E-state index in [0.29, 0.717) is 12.1 Å². The first-order valence-electron chi connectivity index (χ1n) is 10.6. The zero-order valence-corrected chi connectivity index (χ0v) is 17.2. The van der Waals surface area contributed by atoms with Crippen molar-refractivity contribution in [1.82, 2.24) is 15.1 Å². The predicted octanol–water partition coefficient (Wildman–Crippen LogP) is 2.34. The number of likely N-dealkylation sites (tertiary alicyclic amines) is 2. The Balaban J connectivity index is 1.72. The van der Waals surface area contributed by atoms with Gasteiger partial charge in [0.1, 0.15) is 0 Å². The molecule has 0 aromatic heterocycles. The highest BCUT2D eigenvalue weighted by Crippen LogP contribution is 2.16. The maximum Gasteiger partial charge on any atom is 0.193 e. The van der Waals surface area contributed by atoms with E-state index in [2.05, 4.69) is 29.0 Å². The van der Waals surface area contributed by atoms with E-state index in [-0.39, 0.29) is 0 Å². The Morgan fingerprint density at radius 3 is 2.62 bits per heavy atom. The van der Waals surface area contributed by atoms with Gasteiger partial charge in [-0.25, -0.2) is 0 Å². The summed E-state index contributed by atoms with van der Waals surface area (Å²) in [5, 5.41) is 3.48. The summed E-state index contributed by atoms with van der Waals surface area (Å²) in [5.41, 5.74) is 0. The molecule has 2 rings (SSSR count). The second-order valence-electron chi connectivity index (χ2n) is 7.52. The van der Waals surface area contributed by atoms with E-state index >= 15 is 0 Å². The molecule has 2 aliphatic heterocycles. The van der Waals surface area contributed by atoms with Crippen LogP contribution < -0.4 is 5.32 Å². The number of rotatable bonds is 9. The summed E-state index contributed by atoms with van der Waals surface area (Å²) in [4.78, 5) is 9.90. The highest BCUT2D eigenvalue weighted by molar-refractivity contribution is 5.80. The number of piperidine rings is 2. The number of methoxy groups -OCH3 is 1. The molecule has 2 fully saturated rings. The molecule has 2 heterocycles. The zero-order valence-electron chi connectivity index (χ0n) is 17.2. The molecule has 1 unspecified atom stereocenters. The lowest BCUT2D eigenvalue weighted by Crippen LogP contribution is -2.47. The first-order chi connectivity index (χ1) is 12.7. The molecule has 0 aliphatic carbocycles. The third-order valence-electron chi connectivity index (χ3n) is 5.51. The Hall–Kier alpha value is -0.850. The van der Waals surface area contributed by atoms with E-state index in [1.807, 2.05) is 0 Å². The van der Waals surface area contributed by atoms with Crippen LogP contribution in [0.25, 0.3) is 0 Å². The first kappa shape index (κ1) is 21.5. The molecule has 6 nitrogen and oxygen atoms in total. The summed E-state index contributed by atoms with van der Waals surface area (Å²) in [6.45, 7) is 12.3. The van der Waals surface area contributed by atoms with E-state index in [9.17, 15) is 0 Å². The molecule has 0 aromatic carbocycles. The van der Waals surface area contributed by atoms with Gasteiger partial charge in [-0.15, -0.1) is 0 Å². The number of hydrogen-bond acceptors (Lipinski definition) is 4. The Morgan fingerprint density at radius 1 is 1.12 bits per heavy atom. The molecule has 1 N–H and O–H groups in total. The maximum atomic E-state index is 5.97. The van der Waals surface area contributed by atoms with Crippen LogP contribution in [0.3, 0.4) is 0 Å². The lowest BCUT2D eigenvalue weighted by atomic mass is 10.0. The minimum Gasteiger partial charge on any atom is -0.385 e. The van der Waals surface area contributed by atoms with E-state index in [1.165, 1.54) is 25.8 Å². The average Bonchev–Trinajstić information content (AvgIpc) is 2.67. The fraction of sp³-hybridized carbons (Fsp3) is 0.950. The molecule has 0 bridgehead atoms. The maximum absolute atomic E-state index is 5.97. The quantitative estimate of drug-likeness (QED) is 0.385. The highest BCUT2D eigenvalue weighted by atomic mass is 16.5. The molecule has 0 radical (unpaired) electrons. The van der Waals surface area contributed by atoms with Crippen molar-refractivity contribution in [2.24, 2.45) is 4.99 Å². The number of ether oxygens (including phenoxy) is 2. The standard InChI is InChI=1S/C20H40N4O2/c1-4-21-20(22-11-15-23-12-6-5-8-18(23)2)24-13-9-19(10-14-24)26-17-7-16-25-3/h18-19H,4-17H2,1-3H3,(H,21,22). The van der Waals surface area contributed by atoms with Gasteiger partial charge in [0.15, 0.2) is 5.96 Å². The molecule has 1 atom stereocenters. The van der Waals surface area contributed by atoms with Gasteiger partial charge >= 0.3 is 0 Å². The molecule has 26 heavy (non-hydrogen) atoms. The van der Waals surface area contributed by atoms with Crippen LogP contribution in [0.2, 0.25) is 0 Å². The second kappa shape index (κ2) is 12.5. The van der Waals surface area contributed by atoms with Crippen molar-refractivity contribution in [2.75, 3.05) is 59.6 Å². The minimum absolute atomic E-state index is 0.389. The third-order valence-corrected chi connectivity index (χ3v) is 5.51. The summed E-state index contributed by atoms with van der Waals surface area (Å²) < 4.78 is 11.1. The van der Waals surface area contributed by atoms with Gasteiger partial charge < -0.3 is 19.7 Å². The number of hydrogen-bond donors (Lipinski definition) is 1. The number of aliphatic imine (C=N–C) groups is 1. The molecule has 0 spiro atoms. The van der Waals surface area contributed by atoms with Crippen LogP contribution in [0.1, 0.15) is 52.4 Å². The van der Waals surface area contributed by atoms with E-state index in [4.69, 9.17) is 14.5 Å². The monoisotopic (exact) mass is 368 g/mol. The van der Waals surface area contributed by atoms with Gasteiger partial charge in [0.25, 0.3) is 0 Å². The van der Waals surface area contributed by atoms with Crippen LogP contribution in [0, 0.1) is 0 Å². The molecule has 6 heteroatoms. The van der Waals surface area contributed by atoms with E-state index in [1.54, 1.807) is 7.11 Å². The van der Waals surface area contributed by atoms with Gasteiger partial charge in [0.2, 0.25) is 0 Å². The summed E-state index contributed by atoms with van der Waals surface area (Å²) in [6.07, 6.45) is 7.59. The van der Waals surface area contributed by atoms with Gasteiger partial charge in [-0.1, -0.05) is 6.42 Å². The number of nitrogens with zero attached hydrogens (tertiary/aromatic N) is 3. The van der Waals surface area contributed by atoms with Crippen molar-refractivity contribution >= 4 is 5.96 Å². The Kier molecular flexibility index (Phi) is 10.3. The number of nitrogens with one attached hydrogen (secondary N) is 1. The van der Waals surface area contributed by atoms with Gasteiger partial charge in [0, 0.05) is 52.5 Å². The van der Waals surface area contributed by atoms with Gasteiger partial charge in [-0.3, -0.25) is 9.89 Å². The van der Waals surface area contributed by atoms with Gasteiger partial charge in [0.05, 0.1) is 12.6 Å². The Labute approximate surface area is 160 Å². The number of guanidine groups is 1. The topological polar surface area (TPSA) is 49.3 Å². The lowest BCUT2D eigenvalue weighted by Gasteiger charge is -2.35. The summed E-state index contributed by atoms with van der Waals surface area (Å²) in [5.74, 6) is 1.08. The largest absolute Gasteiger partial charge is 0.385 e. The van der Waals surface area contributed by atoms with Crippen molar-refractivity contribution in [2.45, 2.75) is 64.5 Å². The van der Waals surface area contributed by atoms with Crippen molar-refractivity contribution < 1.29 is 9.47 Å². The van der Waals surface area contributed by atoms with Gasteiger partial charge in [-0.2, -0.15) is 0 Å². The summed E-state index contributed by atoms with van der Waals surface area (Å²) >= 11 is 0. The molecular formula is C20H40N4O2. The molecule has 0 amide bonds.